The Bertz CT molecular complexity index is 622. The fraction of sp³-hybridized carbons (Fsp3) is 0.619. The first-order valence-corrected chi connectivity index (χ1v) is 10.3. The van der Waals surface area contributed by atoms with Gasteiger partial charge in [-0.1, -0.05) is 26.0 Å². The smallest absolute Gasteiger partial charge is 0.314 e. The maximum atomic E-state index is 11.2. The molecule has 0 saturated carbocycles. The van der Waals surface area contributed by atoms with Crippen LogP contribution < -0.4 is 21.1 Å². The predicted octanol–water partition coefficient (Wildman–Crippen LogP) is 2.36. The molecule has 7 heteroatoms. The van der Waals surface area contributed by atoms with Crippen LogP contribution in [0, 0.1) is 5.92 Å². The third-order valence-electron chi connectivity index (χ3n) is 4.67. The quantitative estimate of drug-likeness (QED) is 0.470. The van der Waals surface area contributed by atoms with Gasteiger partial charge in [0.15, 0.2) is 5.96 Å². The van der Waals surface area contributed by atoms with Gasteiger partial charge >= 0.3 is 6.03 Å². The summed E-state index contributed by atoms with van der Waals surface area (Å²) in [6, 6.07) is 8.23. The molecule has 7 nitrogen and oxygen atoms in total. The summed E-state index contributed by atoms with van der Waals surface area (Å²) >= 11 is 0. The number of aliphatic imine (C=N–C) groups is 1. The van der Waals surface area contributed by atoms with Crippen molar-refractivity contribution in [2.24, 2.45) is 16.6 Å². The molecule has 4 N–H and O–H groups in total. The number of hydrogen-bond donors (Lipinski definition) is 3. The molecule has 1 aromatic carbocycles. The van der Waals surface area contributed by atoms with Crippen LogP contribution in [0.15, 0.2) is 29.3 Å². The van der Waals surface area contributed by atoms with E-state index in [9.17, 15) is 4.79 Å². The van der Waals surface area contributed by atoms with Gasteiger partial charge in [-0.25, -0.2) is 4.79 Å². The summed E-state index contributed by atoms with van der Waals surface area (Å²) in [6.07, 6.45) is 2.64. The number of urea groups is 1. The van der Waals surface area contributed by atoms with Crippen LogP contribution in [0.3, 0.4) is 0 Å². The second-order valence-corrected chi connectivity index (χ2v) is 7.60. The first-order chi connectivity index (χ1) is 13.5. The Morgan fingerprint density at radius 2 is 1.96 bits per heavy atom. The monoisotopic (exact) mass is 389 g/mol. The number of rotatable bonds is 8. The lowest BCUT2D eigenvalue weighted by Crippen LogP contribution is -2.50. The van der Waals surface area contributed by atoms with E-state index in [2.05, 4.69) is 43.5 Å². The second-order valence-electron chi connectivity index (χ2n) is 7.60. The van der Waals surface area contributed by atoms with E-state index in [1.807, 2.05) is 12.1 Å². The van der Waals surface area contributed by atoms with E-state index in [0.29, 0.717) is 31.6 Å². The molecule has 0 aliphatic carbocycles. The average molecular weight is 390 g/mol. The molecule has 0 unspecified atom stereocenters. The van der Waals surface area contributed by atoms with E-state index in [0.717, 1.165) is 44.1 Å². The molecule has 0 radical (unpaired) electrons. The predicted molar refractivity (Wildman–Crippen MR) is 114 cm³/mol. The summed E-state index contributed by atoms with van der Waals surface area (Å²) in [4.78, 5) is 17.6. The topological polar surface area (TPSA) is 92.0 Å². The van der Waals surface area contributed by atoms with Gasteiger partial charge in [0.1, 0.15) is 5.75 Å². The highest BCUT2D eigenvalue weighted by molar-refractivity contribution is 5.80. The summed E-state index contributed by atoms with van der Waals surface area (Å²) < 4.78 is 5.72. The van der Waals surface area contributed by atoms with Gasteiger partial charge in [-0.2, -0.15) is 0 Å². The third kappa shape index (κ3) is 7.66. The maximum Gasteiger partial charge on any atom is 0.314 e. The van der Waals surface area contributed by atoms with Gasteiger partial charge in [0.25, 0.3) is 0 Å². The Labute approximate surface area is 168 Å². The number of nitrogens with one attached hydrogen (secondary N) is 2. The Balaban J connectivity index is 1.80. The first-order valence-electron chi connectivity index (χ1n) is 10.3. The molecule has 0 spiro atoms. The van der Waals surface area contributed by atoms with Crippen molar-refractivity contribution in [2.75, 3.05) is 32.8 Å². The number of nitrogens with two attached hydrogens (primary N) is 1. The van der Waals surface area contributed by atoms with Gasteiger partial charge in [0.05, 0.1) is 6.61 Å². The first kappa shape index (κ1) is 21.9. The van der Waals surface area contributed by atoms with Crippen molar-refractivity contribution in [1.82, 2.24) is 15.5 Å². The van der Waals surface area contributed by atoms with E-state index in [1.165, 1.54) is 5.56 Å². The van der Waals surface area contributed by atoms with E-state index < -0.39 is 0 Å². The second kappa shape index (κ2) is 11.4. The Kier molecular flexibility index (Phi) is 8.91. The van der Waals surface area contributed by atoms with Crippen LogP contribution in [0.1, 0.15) is 39.2 Å². The van der Waals surface area contributed by atoms with Crippen LogP contribution >= 0.6 is 0 Å². The number of benzene rings is 1. The molecule has 0 bridgehead atoms. The molecule has 0 atom stereocenters. The number of likely N-dealkylation sites (tertiary alicyclic amines) is 1. The summed E-state index contributed by atoms with van der Waals surface area (Å²) in [5.74, 6) is 2.27. The van der Waals surface area contributed by atoms with Crippen molar-refractivity contribution in [1.29, 1.82) is 0 Å². The average Bonchev–Trinajstić information content (AvgIpc) is 2.68. The van der Waals surface area contributed by atoms with Crippen molar-refractivity contribution < 1.29 is 9.53 Å². The number of primary amides is 1. The molecule has 1 saturated heterocycles. The minimum Gasteiger partial charge on any atom is -0.493 e. The Morgan fingerprint density at radius 1 is 1.29 bits per heavy atom. The molecular formula is C21H35N5O2. The number of carbonyl (C=O) groups is 1. The zero-order chi connectivity index (χ0) is 20.4. The molecule has 2 amide bonds. The highest BCUT2D eigenvalue weighted by Crippen LogP contribution is 2.14. The lowest BCUT2D eigenvalue weighted by Gasteiger charge is -2.32. The van der Waals surface area contributed by atoms with Crippen molar-refractivity contribution in [3.05, 3.63) is 29.8 Å². The van der Waals surface area contributed by atoms with Crippen LogP contribution in [0.25, 0.3) is 0 Å². The molecule has 0 aromatic heterocycles. The van der Waals surface area contributed by atoms with Crippen LogP contribution in [0.5, 0.6) is 5.75 Å². The highest BCUT2D eigenvalue weighted by Gasteiger charge is 2.21. The number of amides is 2. The van der Waals surface area contributed by atoms with Crippen LogP contribution in [-0.4, -0.2) is 55.7 Å². The molecule has 1 aliphatic rings. The Morgan fingerprint density at radius 3 is 2.54 bits per heavy atom. The van der Waals surface area contributed by atoms with Gasteiger partial charge in [-0.05, 0) is 49.8 Å². The SMILES string of the molecule is CCNC(=NCCc1ccc(OCC(C)C)cc1)NC1CCN(C(N)=O)CC1. The normalized spacial score (nSPS) is 15.6. The summed E-state index contributed by atoms with van der Waals surface area (Å²) in [5, 5.41) is 6.78. The fourth-order valence-electron chi connectivity index (χ4n) is 3.07. The molecule has 2 rings (SSSR count). The molecular weight excluding hydrogens is 354 g/mol. The van der Waals surface area contributed by atoms with Crippen molar-refractivity contribution >= 4 is 12.0 Å². The summed E-state index contributed by atoms with van der Waals surface area (Å²) in [5.41, 5.74) is 6.59. The minimum atomic E-state index is -0.334. The summed E-state index contributed by atoms with van der Waals surface area (Å²) in [7, 11) is 0. The van der Waals surface area contributed by atoms with E-state index >= 15 is 0 Å². The Hall–Kier alpha value is -2.44. The van der Waals surface area contributed by atoms with E-state index in [-0.39, 0.29) is 6.03 Å². The van der Waals surface area contributed by atoms with Crippen LogP contribution in [0.2, 0.25) is 0 Å². The lowest BCUT2D eigenvalue weighted by atomic mass is 10.1. The lowest BCUT2D eigenvalue weighted by molar-refractivity contribution is 0.188. The number of nitrogens with zero attached hydrogens (tertiary/aromatic N) is 2. The largest absolute Gasteiger partial charge is 0.493 e. The minimum absolute atomic E-state index is 0.311. The highest BCUT2D eigenvalue weighted by atomic mass is 16.5. The standard InChI is InChI=1S/C21H35N5O2/c1-4-23-21(25-18-10-13-26(14-11-18)20(22)27)24-12-9-17-5-7-19(8-6-17)28-15-16(2)3/h5-8,16,18H,4,9-15H2,1-3H3,(H2,22,27)(H2,23,24,25). The van der Waals surface area contributed by atoms with Gasteiger partial charge in [0, 0.05) is 32.2 Å². The van der Waals surface area contributed by atoms with Crippen molar-refractivity contribution in [3.8, 4) is 5.75 Å². The van der Waals surface area contributed by atoms with Gasteiger partial charge < -0.3 is 26.0 Å². The van der Waals surface area contributed by atoms with Crippen molar-refractivity contribution in [3.63, 3.8) is 0 Å². The van der Waals surface area contributed by atoms with Crippen LogP contribution in [-0.2, 0) is 6.42 Å². The molecule has 1 aliphatic heterocycles. The van der Waals surface area contributed by atoms with Gasteiger partial charge in [-0.3, -0.25) is 4.99 Å². The van der Waals surface area contributed by atoms with E-state index in [4.69, 9.17) is 15.5 Å². The molecule has 156 valence electrons. The summed E-state index contributed by atoms with van der Waals surface area (Å²) in [6.45, 7) is 9.99. The maximum absolute atomic E-state index is 11.2. The molecule has 1 heterocycles. The molecule has 1 fully saturated rings. The van der Waals surface area contributed by atoms with Gasteiger partial charge in [-0.15, -0.1) is 0 Å². The number of ether oxygens (including phenoxy) is 1. The fourth-order valence-corrected chi connectivity index (χ4v) is 3.07. The molecule has 28 heavy (non-hydrogen) atoms. The number of carbonyl (C=O) groups excluding carboxylic acids is 1. The third-order valence-corrected chi connectivity index (χ3v) is 4.67. The zero-order valence-electron chi connectivity index (χ0n) is 17.4. The number of hydrogen-bond acceptors (Lipinski definition) is 3. The number of guanidine groups is 1. The zero-order valence-corrected chi connectivity index (χ0v) is 17.4. The van der Waals surface area contributed by atoms with Crippen LogP contribution in [0.4, 0.5) is 4.79 Å². The molecule has 1 aromatic rings. The van der Waals surface area contributed by atoms with Crippen molar-refractivity contribution in [2.45, 2.75) is 46.1 Å². The van der Waals surface area contributed by atoms with E-state index in [1.54, 1.807) is 4.90 Å². The van der Waals surface area contributed by atoms with Gasteiger partial charge in [0.2, 0.25) is 0 Å². The number of piperidine rings is 1.